The molecule has 2 atom stereocenters. The molecule has 0 saturated carbocycles. The minimum atomic E-state index is 0.146. The zero-order valence-corrected chi connectivity index (χ0v) is 10.4. The van der Waals surface area contributed by atoms with E-state index in [1.165, 1.54) is 6.42 Å². The molecule has 1 saturated heterocycles. The quantitative estimate of drug-likeness (QED) is 0.715. The number of hydrogen-bond donors (Lipinski definition) is 1. The van der Waals surface area contributed by atoms with E-state index < -0.39 is 0 Å². The summed E-state index contributed by atoms with van der Waals surface area (Å²) in [4.78, 5) is 2.50. The SMILES string of the molecule is CC1CCNCC(CC#N)N1C(C)(C)C. The summed E-state index contributed by atoms with van der Waals surface area (Å²) >= 11 is 0. The zero-order chi connectivity index (χ0) is 11.5. The summed E-state index contributed by atoms with van der Waals surface area (Å²) in [5.74, 6) is 0. The molecular formula is C12H23N3. The van der Waals surface area contributed by atoms with E-state index in [4.69, 9.17) is 5.26 Å². The van der Waals surface area contributed by atoms with Gasteiger partial charge >= 0.3 is 0 Å². The second kappa shape index (κ2) is 4.96. The molecule has 1 rings (SSSR count). The number of nitrogens with zero attached hydrogens (tertiary/aromatic N) is 2. The van der Waals surface area contributed by atoms with Crippen LogP contribution in [0, 0.1) is 11.3 Å². The van der Waals surface area contributed by atoms with E-state index in [0.29, 0.717) is 18.5 Å². The molecule has 0 aliphatic carbocycles. The van der Waals surface area contributed by atoms with E-state index in [-0.39, 0.29) is 5.54 Å². The van der Waals surface area contributed by atoms with Crippen LogP contribution in [-0.2, 0) is 0 Å². The van der Waals surface area contributed by atoms with Crippen molar-refractivity contribution in [2.45, 2.75) is 58.2 Å². The second-order valence-corrected chi connectivity index (χ2v) is 5.44. The third-order valence-corrected chi connectivity index (χ3v) is 3.09. The molecule has 0 radical (unpaired) electrons. The Bertz CT molecular complexity index is 236. The van der Waals surface area contributed by atoms with Gasteiger partial charge in [-0.1, -0.05) is 0 Å². The van der Waals surface area contributed by atoms with Crippen molar-refractivity contribution in [2.24, 2.45) is 0 Å². The number of hydrogen-bond acceptors (Lipinski definition) is 3. The normalized spacial score (nSPS) is 29.5. The zero-order valence-electron chi connectivity index (χ0n) is 10.4. The van der Waals surface area contributed by atoms with Gasteiger partial charge in [0, 0.05) is 24.2 Å². The molecule has 0 aromatic rings. The molecule has 3 heteroatoms. The standard InChI is InChI=1S/C12H23N3/c1-10-6-8-14-9-11(5-7-13)15(10)12(2,3)4/h10-11,14H,5-6,8-9H2,1-4H3. The van der Waals surface area contributed by atoms with E-state index in [1.807, 2.05) is 0 Å². The minimum absolute atomic E-state index is 0.146. The molecule has 0 aromatic carbocycles. The summed E-state index contributed by atoms with van der Waals surface area (Å²) < 4.78 is 0. The number of nitrogens with one attached hydrogen (secondary N) is 1. The molecule has 1 N–H and O–H groups in total. The van der Waals surface area contributed by atoms with Crippen LogP contribution < -0.4 is 5.32 Å². The average Bonchev–Trinajstić information content (AvgIpc) is 2.26. The first kappa shape index (κ1) is 12.5. The second-order valence-electron chi connectivity index (χ2n) is 5.44. The largest absolute Gasteiger partial charge is 0.315 e. The van der Waals surface area contributed by atoms with Gasteiger partial charge < -0.3 is 5.32 Å². The van der Waals surface area contributed by atoms with E-state index in [9.17, 15) is 0 Å². The van der Waals surface area contributed by atoms with E-state index >= 15 is 0 Å². The van der Waals surface area contributed by atoms with Gasteiger partial charge in [0.05, 0.1) is 12.5 Å². The molecule has 0 aromatic heterocycles. The summed E-state index contributed by atoms with van der Waals surface area (Å²) in [6.07, 6.45) is 1.79. The van der Waals surface area contributed by atoms with Gasteiger partial charge in [-0.2, -0.15) is 5.26 Å². The molecule has 1 aliphatic heterocycles. The van der Waals surface area contributed by atoms with Gasteiger partial charge in [0.2, 0.25) is 0 Å². The van der Waals surface area contributed by atoms with E-state index in [1.54, 1.807) is 0 Å². The molecule has 3 nitrogen and oxygen atoms in total. The Morgan fingerprint density at radius 3 is 2.67 bits per heavy atom. The van der Waals surface area contributed by atoms with Crippen molar-refractivity contribution in [3.8, 4) is 6.07 Å². The Kier molecular flexibility index (Phi) is 4.12. The lowest BCUT2D eigenvalue weighted by molar-refractivity contribution is 0.0505. The molecule has 1 aliphatic rings. The lowest BCUT2D eigenvalue weighted by atomic mass is 9.98. The van der Waals surface area contributed by atoms with Gasteiger partial charge in [-0.25, -0.2) is 0 Å². The van der Waals surface area contributed by atoms with Gasteiger partial charge in [0.25, 0.3) is 0 Å². The molecule has 0 bridgehead atoms. The average molecular weight is 209 g/mol. The highest BCUT2D eigenvalue weighted by Gasteiger charge is 2.33. The fourth-order valence-electron chi connectivity index (χ4n) is 2.66. The predicted octanol–water partition coefficient (Wildman–Crippen LogP) is 1.75. The van der Waals surface area contributed by atoms with Crippen LogP contribution in [0.1, 0.15) is 40.5 Å². The maximum Gasteiger partial charge on any atom is 0.0638 e. The highest BCUT2D eigenvalue weighted by Crippen LogP contribution is 2.24. The summed E-state index contributed by atoms with van der Waals surface area (Å²) in [7, 11) is 0. The van der Waals surface area contributed by atoms with Gasteiger partial charge in [-0.15, -0.1) is 0 Å². The van der Waals surface area contributed by atoms with Crippen molar-refractivity contribution in [3.05, 3.63) is 0 Å². The minimum Gasteiger partial charge on any atom is -0.315 e. The first-order valence-electron chi connectivity index (χ1n) is 5.83. The smallest absolute Gasteiger partial charge is 0.0638 e. The van der Waals surface area contributed by atoms with E-state index in [2.05, 4.69) is 44.0 Å². The van der Waals surface area contributed by atoms with Gasteiger partial charge in [-0.3, -0.25) is 4.90 Å². The van der Waals surface area contributed by atoms with Crippen LogP contribution >= 0.6 is 0 Å². The van der Waals surface area contributed by atoms with Crippen LogP contribution in [-0.4, -0.2) is 35.6 Å². The molecule has 86 valence electrons. The van der Waals surface area contributed by atoms with Gasteiger partial charge in [0.15, 0.2) is 0 Å². The monoisotopic (exact) mass is 209 g/mol. The van der Waals surface area contributed by atoms with Crippen LogP contribution in [0.25, 0.3) is 0 Å². The Hall–Kier alpha value is -0.590. The number of rotatable bonds is 1. The maximum atomic E-state index is 8.88. The van der Waals surface area contributed by atoms with E-state index in [0.717, 1.165) is 13.1 Å². The predicted molar refractivity (Wildman–Crippen MR) is 62.6 cm³/mol. The van der Waals surface area contributed by atoms with Gasteiger partial charge in [-0.05, 0) is 40.7 Å². The maximum absolute atomic E-state index is 8.88. The third-order valence-electron chi connectivity index (χ3n) is 3.09. The Morgan fingerprint density at radius 2 is 2.13 bits per heavy atom. The van der Waals surface area contributed by atoms with Crippen LogP contribution in [0.2, 0.25) is 0 Å². The van der Waals surface area contributed by atoms with Crippen molar-refractivity contribution in [2.75, 3.05) is 13.1 Å². The molecule has 0 amide bonds. The van der Waals surface area contributed by atoms with Crippen molar-refractivity contribution < 1.29 is 0 Å². The summed E-state index contributed by atoms with van der Waals surface area (Å²) in [5.41, 5.74) is 0.146. The molecule has 2 unspecified atom stereocenters. The lowest BCUT2D eigenvalue weighted by Gasteiger charge is -2.43. The lowest BCUT2D eigenvalue weighted by Crippen LogP contribution is -2.53. The molecule has 1 heterocycles. The highest BCUT2D eigenvalue weighted by molar-refractivity contribution is 4.94. The molecule has 15 heavy (non-hydrogen) atoms. The third kappa shape index (κ3) is 3.19. The van der Waals surface area contributed by atoms with Crippen LogP contribution in [0.3, 0.4) is 0 Å². The fraction of sp³-hybridized carbons (Fsp3) is 0.917. The Labute approximate surface area is 93.5 Å². The summed E-state index contributed by atoms with van der Waals surface area (Å²) in [5, 5.41) is 12.3. The highest BCUT2D eigenvalue weighted by atomic mass is 15.3. The van der Waals surface area contributed by atoms with Crippen LogP contribution in [0.4, 0.5) is 0 Å². The van der Waals surface area contributed by atoms with Gasteiger partial charge in [0.1, 0.15) is 0 Å². The molecular weight excluding hydrogens is 186 g/mol. The topological polar surface area (TPSA) is 39.1 Å². The summed E-state index contributed by atoms with van der Waals surface area (Å²) in [6, 6.07) is 3.21. The fourth-order valence-corrected chi connectivity index (χ4v) is 2.66. The van der Waals surface area contributed by atoms with Crippen LogP contribution in [0.15, 0.2) is 0 Å². The molecule has 1 fully saturated rings. The first-order valence-corrected chi connectivity index (χ1v) is 5.83. The van der Waals surface area contributed by atoms with Crippen molar-refractivity contribution in [1.29, 1.82) is 5.26 Å². The van der Waals surface area contributed by atoms with Crippen LogP contribution in [0.5, 0.6) is 0 Å². The first-order chi connectivity index (χ1) is 6.96. The van der Waals surface area contributed by atoms with Crippen molar-refractivity contribution >= 4 is 0 Å². The van der Waals surface area contributed by atoms with Crippen molar-refractivity contribution in [3.63, 3.8) is 0 Å². The Balaban J connectivity index is 2.84. The molecule has 0 spiro atoms. The number of nitriles is 1. The van der Waals surface area contributed by atoms with Crippen molar-refractivity contribution in [1.82, 2.24) is 10.2 Å². The summed E-state index contributed by atoms with van der Waals surface area (Å²) in [6.45, 7) is 11.0. The Morgan fingerprint density at radius 1 is 1.47 bits per heavy atom.